The molecule has 3 atom stereocenters. The summed E-state index contributed by atoms with van der Waals surface area (Å²) in [4.78, 5) is 24.9. The standard InChI is InChI=1S/C16H15Cl2FN2O5/c17-9-2-1-8(10(18)3-9)7-25-12-4-14(26-13(12)6-22)21-5-11(19)15(23)20-16(21)24/h1-3,5,12-14,22H,4,6-7H2,(H,20,23,24)/t12?,13-,14-/m0/s1. The zero-order valence-corrected chi connectivity index (χ0v) is 14.8. The Bertz CT molecular complexity index is 916. The number of H-pyrrole nitrogens is 1. The minimum atomic E-state index is -1.11. The second-order valence-electron chi connectivity index (χ2n) is 5.78. The van der Waals surface area contributed by atoms with Crippen molar-refractivity contribution in [2.45, 2.75) is 31.5 Å². The molecule has 140 valence electrons. The molecule has 2 N–H and O–H groups in total. The number of aromatic nitrogens is 2. The molecule has 1 unspecified atom stereocenters. The van der Waals surface area contributed by atoms with Gasteiger partial charge in [0.2, 0.25) is 5.82 Å². The fraction of sp³-hybridized carbons (Fsp3) is 0.375. The van der Waals surface area contributed by atoms with Gasteiger partial charge in [-0.05, 0) is 17.7 Å². The van der Waals surface area contributed by atoms with Crippen molar-refractivity contribution in [3.63, 3.8) is 0 Å². The highest BCUT2D eigenvalue weighted by atomic mass is 35.5. The van der Waals surface area contributed by atoms with Gasteiger partial charge in [0.1, 0.15) is 12.3 Å². The van der Waals surface area contributed by atoms with Crippen LogP contribution in [0.2, 0.25) is 10.0 Å². The minimum absolute atomic E-state index is 0.141. The molecule has 1 fully saturated rings. The third-order valence-electron chi connectivity index (χ3n) is 4.06. The lowest BCUT2D eigenvalue weighted by Gasteiger charge is -2.17. The predicted molar refractivity (Wildman–Crippen MR) is 91.9 cm³/mol. The van der Waals surface area contributed by atoms with Crippen molar-refractivity contribution in [1.82, 2.24) is 9.55 Å². The number of ether oxygens (including phenoxy) is 2. The van der Waals surface area contributed by atoms with Crippen LogP contribution in [0, 0.1) is 5.82 Å². The monoisotopic (exact) mass is 404 g/mol. The Balaban J connectivity index is 1.74. The van der Waals surface area contributed by atoms with E-state index in [4.69, 9.17) is 32.7 Å². The molecule has 1 saturated heterocycles. The smallest absolute Gasteiger partial charge is 0.330 e. The molecule has 7 nitrogen and oxygen atoms in total. The Morgan fingerprint density at radius 3 is 2.85 bits per heavy atom. The number of aromatic amines is 1. The second kappa shape index (κ2) is 7.89. The quantitative estimate of drug-likeness (QED) is 0.792. The van der Waals surface area contributed by atoms with Gasteiger partial charge in [0.05, 0.1) is 25.5 Å². The maximum absolute atomic E-state index is 13.5. The topological polar surface area (TPSA) is 93.6 Å². The maximum Gasteiger partial charge on any atom is 0.330 e. The number of aliphatic hydroxyl groups excluding tert-OH is 1. The van der Waals surface area contributed by atoms with E-state index in [1.807, 2.05) is 4.98 Å². The average Bonchev–Trinajstić information content (AvgIpc) is 3.00. The number of nitrogens with one attached hydrogen (secondary N) is 1. The molecule has 0 saturated carbocycles. The van der Waals surface area contributed by atoms with Gasteiger partial charge in [-0.25, -0.2) is 4.79 Å². The predicted octanol–water partition coefficient (Wildman–Crippen LogP) is 1.85. The van der Waals surface area contributed by atoms with E-state index in [9.17, 15) is 19.1 Å². The van der Waals surface area contributed by atoms with Gasteiger partial charge in [-0.3, -0.25) is 14.3 Å². The molecule has 1 aromatic carbocycles. The molecule has 0 amide bonds. The fourth-order valence-electron chi connectivity index (χ4n) is 2.72. The summed E-state index contributed by atoms with van der Waals surface area (Å²) in [6.45, 7) is -0.210. The van der Waals surface area contributed by atoms with Crippen molar-refractivity contribution >= 4 is 23.2 Å². The van der Waals surface area contributed by atoms with E-state index in [-0.39, 0.29) is 19.6 Å². The van der Waals surface area contributed by atoms with Crippen LogP contribution in [0.15, 0.2) is 34.0 Å². The van der Waals surface area contributed by atoms with Crippen molar-refractivity contribution < 1.29 is 19.0 Å². The Hall–Kier alpha value is -1.71. The van der Waals surface area contributed by atoms with Crippen molar-refractivity contribution in [3.8, 4) is 0 Å². The first-order chi connectivity index (χ1) is 12.4. The van der Waals surface area contributed by atoms with Crippen molar-refractivity contribution in [2.75, 3.05) is 6.61 Å². The van der Waals surface area contributed by atoms with Gasteiger partial charge in [0, 0.05) is 16.5 Å². The van der Waals surface area contributed by atoms with Crippen LogP contribution in [0.1, 0.15) is 18.2 Å². The summed E-state index contributed by atoms with van der Waals surface area (Å²) < 4.78 is 25.7. The van der Waals surface area contributed by atoms with Crippen LogP contribution < -0.4 is 11.2 Å². The van der Waals surface area contributed by atoms with Gasteiger partial charge < -0.3 is 14.6 Å². The largest absolute Gasteiger partial charge is 0.394 e. The Morgan fingerprint density at radius 2 is 2.15 bits per heavy atom. The van der Waals surface area contributed by atoms with Crippen LogP contribution in [0.25, 0.3) is 0 Å². The van der Waals surface area contributed by atoms with E-state index in [0.29, 0.717) is 15.6 Å². The van der Waals surface area contributed by atoms with E-state index >= 15 is 0 Å². The second-order valence-corrected chi connectivity index (χ2v) is 6.62. The first-order valence-corrected chi connectivity index (χ1v) is 8.47. The van der Waals surface area contributed by atoms with Crippen LogP contribution in [-0.4, -0.2) is 33.5 Å². The SMILES string of the molecule is O=c1[nH]c(=O)n([C@@H]2CC(OCc3ccc(Cl)cc3Cl)[C@H](CO)O2)cc1F. The van der Waals surface area contributed by atoms with Crippen molar-refractivity contribution in [1.29, 1.82) is 0 Å². The van der Waals surface area contributed by atoms with Crippen LogP contribution in [-0.2, 0) is 16.1 Å². The number of aliphatic hydroxyl groups is 1. The van der Waals surface area contributed by atoms with Crippen molar-refractivity contribution in [2.24, 2.45) is 0 Å². The van der Waals surface area contributed by atoms with E-state index < -0.39 is 35.5 Å². The highest BCUT2D eigenvalue weighted by Gasteiger charge is 2.37. The molecule has 1 aliphatic rings. The Kier molecular flexibility index (Phi) is 5.79. The van der Waals surface area contributed by atoms with E-state index in [1.54, 1.807) is 18.2 Å². The van der Waals surface area contributed by atoms with Crippen molar-refractivity contribution in [3.05, 3.63) is 66.7 Å². The Labute approximate surface area is 156 Å². The summed E-state index contributed by atoms with van der Waals surface area (Å²) >= 11 is 11.9. The number of hydrogen-bond donors (Lipinski definition) is 2. The summed E-state index contributed by atoms with van der Waals surface area (Å²) in [6.07, 6.45) is -1.19. The van der Waals surface area contributed by atoms with E-state index in [0.717, 1.165) is 10.8 Å². The number of halogens is 3. The van der Waals surface area contributed by atoms with E-state index in [2.05, 4.69) is 0 Å². The lowest BCUT2D eigenvalue weighted by molar-refractivity contribution is -0.0659. The lowest BCUT2D eigenvalue weighted by Crippen LogP contribution is -2.34. The molecule has 0 bridgehead atoms. The molecular formula is C16H15Cl2FN2O5. The molecule has 1 aromatic heterocycles. The van der Waals surface area contributed by atoms with E-state index in [1.165, 1.54) is 0 Å². The first-order valence-electron chi connectivity index (χ1n) is 7.72. The average molecular weight is 405 g/mol. The summed E-state index contributed by atoms with van der Waals surface area (Å²) in [5, 5.41) is 10.4. The first kappa shape index (κ1) is 19.1. The molecule has 2 heterocycles. The normalized spacial score (nSPS) is 22.7. The molecule has 2 aromatic rings. The summed E-state index contributed by atoms with van der Waals surface area (Å²) in [6, 6.07) is 4.97. The van der Waals surface area contributed by atoms with Crippen LogP contribution in [0.5, 0.6) is 0 Å². The molecular weight excluding hydrogens is 390 g/mol. The number of benzene rings is 1. The zero-order chi connectivity index (χ0) is 18.8. The molecule has 10 heteroatoms. The molecule has 26 heavy (non-hydrogen) atoms. The molecule has 1 aliphatic heterocycles. The number of rotatable bonds is 5. The van der Waals surface area contributed by atoms with Gasteiger partial charge >= 0.3 is 5.69 Å². The minimum Gasteiger partial charge on any atom is -0.394 e. The highest BCUT2D eigenvalue weighted by Crippen LogP contribution is 2.31. The van der Waals surface area contributed by atoms with Gasteiger partial charge in [0.15, 0.2) is 0 Å². The number of hydrogen-bond acceptors (Lipinski definition) is 5. The fourth-order valence-corrected chi connectivity index (χ4v) is 3.18. The summed E-state index contributed by atoms with van der Waals surface area (Å²) in [5.74, 6) is -1.11. The van der Waals surface area contributed by atoms with Gasteiger partial charge in [-0.1, -0.05) is 29.3 Å². The molecule has 0 spiro atoms. The summed E-state index contributed by atoms with van der Waals surface area (Å²) in [5.41, 5.74) is -1.21. The zero-order valence-electron chi connectivity index (χ0n) is 13.3. The van der Waals surface area contributed by atoms with Crippen LogP contribution in [0.4, 0.5) is 4.39 Å². The number of nitrogens with zero attached hydrogens (tertiary/aromatic N) is 1. The molecule has 0 radical (unpaired) electrons. The van der Waals surface area contributed by atoms with Crippen LogP contribution in [0.3, 0.4) is 0 Å². The molecule has 0 aliphatic carbocycles. The maximum atomic E-state index is 13.5. The van der Waals surface area contributed by atoms with Gasteiger partial charge in [-0.15, -0.1) is 0 Å². The van der Waals surface area contributed by atoms with Gasteiger partial charge in [-0.2, -0.15) is 4.39 Å². The third kappa shape index (κ3) is 3.99. The Morgan fingerprint density at radius 1 is 1.38 bits per heavy atom. The van der Waals surface area contributed by atoms with Crippen LogP contribution >= 0.6 is 23.2 Å². The van der Waals surface area contributed by atoms with Gasteiger partial charge in [0.25, 0.3) is 5.56 Å². The third-order valence-corrected chi connectivity index (χ3v) is 4.65. The highest BCUT2D eigenvalue weighted by molar-refractivity contribution is 6.35. The molecule has 3 rings (SSSR count). The summed E-state index contributed by atoms with van der Waals surface area (Å²) in [7, 11) is 0. The lowest BCUT2D eigenvalue weighted by atomic mass is 10.1.